The van der Waals surface area contributed by atoms with E-state index in [2.05, 4.69) is 97.5 Å². The van der Waals surface area contributed by atoms with E-state index in [0.717, 1.165) is 48.2 Å². The summed E-state index contributed by atoms with van der Waals surface area (Å²) in [5.41, 5.74) is 3.76. The van der Waals surface area contributed by atoms with E-state index in [1.165, 1.54) is 5.69 Å². The summed E-state index contributed by atoms with van der Waals surface area (Å²) in [6.45, 7) is 13.5. The van der Waals surface area contributed by atoms with Crippen LogP contribution in [0.3, 0.4) is 0 Å². The van der Waals surface area contributed by atoms with E-state index in [1.54, 1.807) is 0 Å². The van der Waals surface area contributed by atoms with Crippen molar-refractivity contribution in [3.63, 3.8) is 0 Å². The predicted octanol–water partition coefficient (Wildman–Crippen LogP) is 5.10. The molecule has 0 saturated carbocycles. The first kappa shape index (κ1) is 26.6. The lowest BCUT2D eigenvalue weighted by Crippen LogP contribution is -2.60. The molecule has 0 unspecified atom stereocenters. The Hall–Kier alpha value is -3.27. The third-order valence-electron chi connectivity index (χ3n) is 10.1. The number of morpholine rings is 1. The van der Waals surface area contributed by atoms with Crippen molar-refractivity contribution < 1.29 is 9.47 Å². The molecule has 0 radical (unpaired) electrons. The fourth-order valence-electron chi connectivity index (χ4n) is 7.18. The summed E-state index contributed by atoms with van der Waals surface area (Å²) >= 11 is 0. The Bertz CT molecular complexity index is 1450. The van der Waals surface area contributed by atoms with Gasteiger partial charge in [0.05, 0.1) is 42.7 Å². The maximum absolute atomic E-state index is 6.47. The molecular formula is C32H41N7O2. The van der Waals surface area contributed by atoms with Gasteiger partial charge in [0.15, 0.2) is 0 Å². The Morgan fingerprint density at radius 1 is 1.07 bits per heavy atom. The van der Waals surface area contributed by atoms with E-state index >= 15 is 0 Å². The van der Waals surface area contributed by atoms with Gasteiger partial charge in [-0.3, -0.25) is 0 Å². The highest BCUT2D eigenvalue weighted by atomic mass is 16.5. The number of nitrogens with zero attached hydrogens (tertiary/aromatic N) is 5. The molecule has 0 spiro atoms. The normalized spacial score (nSPS) is 30.3. The molecular weight excluding hydrogens is 514 g/mol. The molecule has 0 amide bonds. The van der Waals surface area contributed by atoms with Crippen LogP contribution in [0, 0.1) is 5.92 Å². The Kier molecular flexibility index (Phi) is 6.26. The van der Waals surface area contributed by atoms with Crippen LogP contribution < -0.4 is 20.4 Å². The maximum Gasteiger partial charge on any atom is 0.229 e. The monoisotopic (exact) mass is 555 g/mol. The average molecular weight is 556 g/mol. The molecule has 7 rings (SSSR count). The molecule has 4 aliphatic heterocycles. The molecule has 3 fully saturated rings. The highest BCUT2D eigenvalue weighted by molar-refractivity contribution is 5.71. The van der Waals surface area contributed by atoms with Gasteiger partial charge in [-0.25, -0.2) is 9.97 Å². The van der Waals surface area contributed by atoms with Gasteiger partial charge in [0, 0.05) is 47.1 Å². The Balaban J connectivity index is 1.23. The Labute approximate surface area is 242 Å². The third-order valence-corrected chi connectivity index (χ3v) is 10.1. The molecule has 2 N–H and O–H groups in total. The van der Waals surface area contributed by atoms with E-state index in [0.29, 0.717) is 24.7 Å². The summed E-state index contributed by atoms with van der Waals surface area (Å²) in [7, 11) is 1.96. The van der Waals surface area contributed by atoms with Gasteiger partial charge in [-0.2, -0.15) is 4.98 Å². The zero-order chi connectivity index (χ0) is 28.5. The first-order chi connectivity index (χ1) is 19.7. The first-order valence-corrected chi connectivity index (χ1v) is 14.9. The number of nitrogens with one attached hydrogen (secondary N) is 2. The summed E-state index contributed by atoms with van der Waals surface area (Å²) in [5.74, 6) is 2.60. The highest BCUT2D eigenvalue weighted by Crippen LogP contribution is 2.55. The molecule has 3 saturated heterocycles. The molecule has 9 heteroatoms. The van der Waals surface area contributed by atoms with Crippen LogP contribution in [0.15, 0.2) is 48.7 Å². The summed E-state index contributed by atoms with van der Waals surface area (Å²) in [6.07, 6.45) is 3.49. The number of fused-ring (bicyclic) bond motifs is 5. The number of hydrogen-bond acceptors (Lipinski definition) is 9. The molecule has 2 aromatic heterocycles. The van der Waals surface area contributed by atoms with Crippen molar-refractivity contribution in [2.75, 3.05) is 41.9 Å². The molecule has 4 aliphatic rings. The Morgan fingerprint density at radius 2 is 1.88 bits per heavy atom. The van der Waals surface area contributed by atoms with Gasteiger partial charge in [0.2, 0.25) is 5.95 Å². The summed E-state index contributed by atoms with van der Waals surface area (Å²) in [4.78, 5) is 19.9. The van der Waals surface area contributed by atoms with Crippen LogP contribution >= 0.6 is 0 Å². The van der Waals surface area contributed by atoms with Crippen molar-refractivity contribution in [3.8, 4) is 0 Å². The number of rotatable bonds is 6. The summed E-state index contributed by atoms with van der Waals surface area (Å²) < 4.78 is 12.2. The standard InChI is InChI=1S/C32H41N7O2/c1-19-28-32(5,18-41-31(19,3)4)25-15-34-30(37-29(25)39(28)27-9-7-8-26(36-27)20(2)33-6)35-21-10-12-22(13-11-21)38-16-24-14-23(38)17-40-24/h7-13,15,19-20,23-24,28,33H,14,16-18H2,1-6H3,(H,34,35,37)/t19-,20-,23+,24+,28+,32+/m0/s1. The zero-order valence-electron chi connectivity index (χ0n) is 24.9. The van der Waals surface area contributed by atoms with Gasteiger partial charge in [-0.1, -0.05) is 19.9 Å². The van der Waals surface area contributed by atoms with Crippen molar-refractivity contribution in [2.45, 2.75) is 76.3 Å². The first-order valence-electron chi connectivity index (χ1n) is 14.9. The second-order valence-electron chi connectivity index (χ2n) is 12.9. The SMILES string of the molecule is CN[C@@H](C)c1cccc(N2c3nc(Nc4ccc(N5C[C@H]6C[C@@H]5CO6)cc4)ncc3[C@@]3(C)COC(C)(C)[C@@H](C)[C@@H]23)n1. The van der Waals surface area contributed by atoms with E-state index in [9.17, 15) is 0 Å². The lowest BCUT2D eigenvalue weighted by atomic mass is 9.68. The predicted molar refractivity (Wildman–Crippen MR) is 161 cm³/mol. The minimum absolute atomic E-state index is 0.123. The minimum Gasteiger partial charge on any atom is -0.374 e. The number of hydrogen-bond donors (Lipinski definition) is 2. The van der Waals surface area contributed by atoms with E-state index in [4.69, 9.17) is 24.4 Å². The van der Waals surface area contributed by atoms with Crippen LogP contribution in [0.5, 0.6) is 0 Å². The topological polar surface area (TPSA) is 87.7 Å². The van der Waals surface area contributed by atoms with Gasteiger partial charge in [-0.15, -0.1) is 0 Å². The van der Waals surface area contributed by atoms with Crippen LogP contribution in [-0.4, -0.2) is 65.5 Å². The lowest BCUT2D eigenvalue weighted by Gasteiger charge is -2.51. The van der Waals surface area contributed by atoms with Gasteiger partial charge >= 0.3 is 0 Å². The van der Waals surface area contributed by atoms with Crippen molar-refractivity contribution >= 4 is 29.0 Å². The molecule has 6 heterocycles. The fourth-order valence-corrected chi connectivity index (χ4v) is 7.18. The van der Waals surface area contributed by atoms with Crippen LogP contribution in [0.4, 0.5) is 29.0 Å². The summed E-state index contributed by atoms with van der Waals surface area (Å²) in [6, 6.07) is 15.6. The third kappa shape index (κ3) is 4.28. The van der Waals surface area contributed by atoms with Crippen LogP contribution in [-0.2, 0) is 14.9 Å². The number of ether oxygens (including phenoxy) is 2. The molecule has 216 valence electrons. The van der Waals surface area contributed by atoms with Crippen LogP contribution in [0.2, 0.25) is 0 Å². The van der Waals surface area contributed by atoms with Gasteiger partial charge < -0.3 is 29.9 Å². The molecule has 9 nitrogen and oxygen atoms in total. The molecule has 6 atom stereocenters. The van der Waals surface area contributed by atoms with Crippen molar-refractivity contribution in [2.24, 2.45) is 5.92 Å². The largest absolute Gasteiger partial charge is 0.374 e. The highest BCUT2D eigenvalue weighted by Gasteiger charge is 2.59. The number of pyridine rings is 1. The maximum atomic E-state index is 6.47. The minimum atomic E-state index is -0.280. The van der Waals surface area contributed by atoms with Gasteiger partial charge in [0.25, 0.3) is 0 Å². The molecule has 41 heavy (non-hydrogen) atoms. The van der Waals surface area contributed by atoms with Crippen LogP contribution in [0.1, 0.15) is 58.3 Å². The van der Waals surface area contributed by atoms with Crippen molar-refractivity contribution in [1.82, 2.24) is 20.3 Å². The Morgan fingerprint density at radius 3 is 2.59 bits per heavy atom. The molecule has 0 aliphatic carbocycles. The van der Waals surface area contributed by atoms with E-state index in [1.807, 2.05) is 13.2 Å². The zero-order valence-corrected chi connectivity index (χ0v) is 24.9. The fraction of sp³-hybridized carbons (Fsp3) is 0.531. The number of aromatic nitrogens is 3. The van der Waals surface area contributed by atoms with Crippen LogP contribution in [0.25, 0.3) is 0 Å². The lowest BCUT2D eigenvalue weighted by molar-refractivity contribution is -0.125. The van der Waals surface area contributed by atoms with Crippen molar-refractivity contribution in [3.05, 3.63) is 59.9 Å². The van der Waals surface area contributed by atoms with E-state index < -0.39 is 0 Å². The molecule has 3 aromatic rings. The number of anilines is 5. The number of benzene rings is 1. The molecule has 2 bridgehead atoms. The van der Waals surface area contributed by atoms with E-state index in [-0.39, 0.29) is 29.0 Å². The quantitative estimate of drug-likeness (QED) is 0.432. The smallest absolute Gasteiger partial charge is 0.229 e. The second kappa shape index (κ2) is 9.64. The second-order valence-corrected chi connectivity index (χ2v) is 12.9. The average Bonchev–Trinajstić information content (AvgIpc) is 3.68. The van der Waals surface area contributed by atoms with Gasteiger partial charge in [-0.05, 0) is 70.6 Å². The van der Waals surface area contributed by atoms with Gasteiger partial charge in [0.1, 0.15) is 11.6 Å². The van der Waals surface area contributed by atoms with Crippen molar-refractivity contribution in [1.29, 1.82) is 0 Å². The summed E-state index contributed by atoms with van der Waals surface area (Å²) in [5, 5.41) is 6.79. The molecule has 1 aromatic carbocycles.